The van der Waals surface area contributed by atoms with Gasteiger partial charge in [-0.1, -0.05) is 17.7 Å². The van der Waals surface area contributed by atoms with Crippen molar-refractivity contribution in [1.82, 2.24) is 9.55 Å². The summed E-state index contributed by atoms with van der Waals surface area (Å²) in [6.45, 7) is 0.358. The minimum absolute atomic E-state index is 0.0210. The summed E-state index contributed by atoms with van der Waals surface area (Å²) in [6.07, 6.45) is 0.646. The van der Waals surface area contributed by atoms with Gasteiger partial charge in [-0.2, -0.15) is 18.4 Å². The second kappa shape index (κ2) is 5.18. The van der Waals surface area contributed by atoms with Gasteiger partial charge < -0.3 is 4.57 Å². The molecule has 0 saturated heterocycles. The Hall–Kier alpha value is -2.26. The average Bonchev–Trinajstić information content (AvgIpc) is 2.82. The fourth-order valence-electron chi connectivity index (χ4n) is 2.67. The monoisotopic (exact) mass is 323 g/mol. The second-order valence-electron chi connectivity index (χ2n) is 4.78. The number of fused-ring (bicyclic) bond motifs is 1. The van der Waals surface area contributed by atoms with Crippen molar-refractivity contribution in [1.29, 1.82) is 5.26 Å². The van der Waals surface area contributed by atoms with Crippen molar-refractivity contribution >= 4 is 17.7 Å². The summed E-state index contributed by atoms with van der Waals surface area (Å²) in [7, 11) is 0. The summed E-state index contributed by atoms with van der Waals surface area (Å²) >= 11 is 5.98. The zero-order chi connectivity index (χ0) is 15.9. The number of hydrogen-bond donors (Lipinski definition) is 0. The number of nitriles is 1. The maximum atomic E-state index is 13.5. The van der Waals surface area contributed by atoms with Crippen LogP contribution >= 0.6 is 11.6 Å². The predicted molar refractivity (Wildman–Crippen MR) is 76.0 cm³/mol. The summed E-state index contributed by atoms with van der Waals surface area (Å²) in [5, 5.41) is 9.20. The van der Waals surface area contributed by atoms with Gasteiger partial charge in [-0.15, -0.1) is 0 Å². The third-order valence-electron chi connectivity index (χ3n) is 3.51. The molecule has 0 atom stereocenters. The van der Waals surface area contributed by atoms with Crippen LogP contribution in [-0.2, 0) is 12.7 Å². The number of halogens is 4. The minimum Gasteiger partial charge on any atom is -0.339 e. The molecule has 22 heavy (non-hydrogen) atoms. The number of allylic oxidation sites excluding steroid dienone is 1. The average molecular weight is 324 g/mol. The number of alkyl halides is 3. The molecule has 0 aliphatic carbocycles. The maximum Gasteiger partial charge on any atom is 0.419 e. The van der Waals surface area contributed by atoms with E-state index in [0.29, 0.717) is 13.0 Å². The molecule has 0 N–H and O–H groups in total. The zero-order valence-corrected chi connectivity index (χ0v) is 11.9. The van der Waals surface area contributed by atoms with E-state index in [0.717, 1.165) is 0 Å². The van der Waals surface area contributed by atoms with Crippen LogP contribution in [-0.4, -0.2) is 9.55 Å². The smallest absolute Gasteiger partial charge is 0.339 e. The molecular formula is C15H9ClF3N3. The van der Waals surface area contributed by atoms with Gasteiger partial charge in [-0.25, -0.2) is 4.98 Å². The van der Waals surface area contributed by atoms with Gasteiger partial charge in [0, 0.05) is 18.3 Å². The molecule has 2 aromatic rings. The van der Waals surface area contributed by atoms with Crippen LogP contribution < -0.4 is 0 Å². The first-order valence-corrected chi connectivity index (χ1v) is 6.84. The van der Waals surface area contributed by atoms with Gasteiger partial charge in [0.1, 0.15) is 11.2 Å². The van der Waals surface area contributed by atoms with E-state index in [1.165, 1.54) is 22.9 Å². The van der Waals surface area contributed by atoms with E-state index in [1.54, 1.807) is 18.2 Å². The van der Waals surface area contributed by atoms with E-state index >= 15 is 0 Å². The SMILES string of the molecule is N#Cc1c(C(F)(F)F)c(-c2cccnc2Cl)n2c1C=CCC2. The molecule has 0 saturated carbocycles. The quantitative estimate of drug-likeness (QED) is 0.724. The zero-order valence-electron chi connectivity index (χ0n) is 11.2. The molecule has 1 aliphatic rings. The highest BCUT2D eigenvalue weighted by Crippen LogP contribution is 2.44. The lowest BCUT2D eigenvalue weighted by atomic mass is 10.0. The maximum absolute atomic E-state index is 13.5. The van der Waals surface area contributed by atoms with E-state index in [1.807, 2.05) is 0 Å². The third kappa shape index (κ3) is 2.18. The molecule has 0 unspecified atom stereocenters. The summed E-state index contributed by atoms with van der Waals surface area (Å²) in [5.74, 6) is 0. The fraction of sp³-hybridized carbons (Fsp3) is 0.200. The first kappa shape index (κ1) is 14.7. The predicted octanol–water partition coefficient (Wildman–Crippen LogP) is 4.51. The molecule has 3 heterocycles. The first-order valence-electron chi connectivity index (χ1n) is 6.46. The summed E-state index contributed by atoms with van der Waals surface area (Å²) in [5.41, 5.74) is -0.989. The van der Waals surface area contributed by atoms with Crippen LogP contribution in [0.15, 0.2) is 24.4 Å². The second-order valence-corrected chi connectivity index (χ2v) is 5.14. The minimum atomic E-state index is -4.66. The number of hydrogen-bond acceptors (Lipinski definition) is 2. The third-order valence-corrected chi connectivity index (χ3v) is 3.81. The van der Waals surface area contributed by atoms with Crippen LogP contribution in [0.2, 0.25) is 5.15 Å². The normalized spacial score (nSPS) is 13.8. The van der Waals surface area contributed by atoms with E-state index in [9.17, 15) is 18.4 Å². The number of pyridine rings is 1. The van der Waals surface area contributed by atoms with Crippen molar-refractivity contribution in [3.63, 3.8) is 0 Å². The summed E-state index contributed by atoms with van der Waals surface area (Å²) in [6, 6.07) is 4.68. The Morgan fingerprint density at radius 2 is 2.14 bits per heavy atom. The van der Waals surface area contributed by atoms with E-state index in [4.69, 9.17) is 11.6 Å². The fourth-order valence-corrected chi connectivity index (χ4v) is 2.88. The molecule has 0 bridgehead atoms. The van der Waals surface area contributed by atoms with Crippen LogP contribution in [0.5, 0.6) is 0 Å². The van der Waals surface area contributed by atoms with Crippen molar-refractivity contribution in [3.8, 4) is 17.3 Å². The molecule has 2 aromatic heterocycles. The molecule has 0 amide bonds. The van der Waals surface area contributed by atoms with Gasteiger partial charge >= 0.3 is 6.18 Å². The van der Waals surface area contributed by atoms with Gasteiger partial charge in [-0.05, 0) is 24.6 Å². The lowest BCUT2D eigenvalue weighted by molar-refractivity contribution is -0.137. The Morgan fingerprint density at radius 3 is 2.77 bits per heavy atom. The molecule has 0 fully saturated rings. The standard InChI is InChI=1S/C15H9ClF3N3/c16-14-9(4-3-6-21-14)13-12(15(17,18)19)10(8-20)11-5-1-2-7-22(11)13/h1,3-6H,2,7H2. The molecule has 7 heteroatoms. The van der Waals surface area contributed by atoms with Crippen molar-refractivity contribution in [2.75, 3.05) is 0 Å². The molecule has 0 spiro atoms. The van der Waals surface area contributed by atoms with Gasteiger partial charge in [0.15, 0.2) is 0 Å². The van der Waals surface area contributed by atoms with E-state index in [2.05, 4.69) is 4.98 Å². The Labute approximate surface area is 129 Å². The largest absolute Gasteiger partial charge is 0.419 e. The van der Waals surface area contributed by atoms with E-state index < -0.39 is 11.7 Å². The Kier molecular flexibility index (Phi) is 3.45. The highest BCUT2D eigenvalue weighted by atomic mass is 35.5. The Balaban J connectivity index is 2.44. The highest BCUT2D eigenvalue weighted by Gasteiger charge is 2.42. The lowest BCUT2D eigenvalue weighted by Gasteiger charge is -2.16. The summed E-state index contributed by atoms with van der Waals surface area (Å²) in [4.78, 5) is 3.85. The van der Waals surface area contributed by atoms with Crippen LogP contribution in [0.4, 0.5) is 13.2 Å². The van der Waals surface area contributed by atoms with Gasteiger partial charge in [0.2, 0.25) is 0 Å². The van der Waals surface area contributed by atoms with Crippen LogP contribution in [0.1, 0.15) is 23.2 Å². The Bertz CT molecular complexity index is 813. The molecule has 3 rings (SSSR count). The molecule has 112 valence electrons. The summed E-state index contributed by atoms with van der Waals surface area (Å²) < 4.78 is 42.1. The van der Waals surface area contributed by atoms with Crippen LogP contribution in [0.25, 0.3) is 17.3 Å². The molecule has 3 nitrogen and oxygen atoms in total. The molecule has 1 aliphatic heterocycles. The number of nitrogens with zero attached hydrogens (tertiary/aromatic N) is 3. The van der Waals surface area contributed by atoms with Crippen molar-refractivity contribution in [2.24, 2.45) is 0 Å². The van der Waals surface area contributed by atoms with Gasteiger partial charge in [0.05, 0.1) is 22.5 Å². The first-order chi connectivity index (χ1) is 10.4. The van der Waals surface area contributed by atoms with Gasteiger partial charge in [-0.3, -0.25) is 0 Å². The molecular weight excluding hydrogens is 315 g/mol. The lowest BCUT2D eigenvalue weighted by Crippen LogP contribution is -2.10. The van der Waals surface area contributed by atoms with Gasteiger partial charge in [0.25, 0.3) is 0 Å². The number of aromatic nitrogens is 2. The van der Waals surface area contributed by atoms with Crippen molar-refractivity contribution < 1.29 is 13.2 Å². The Morgan fingerprint density at radius 1 is 1.36 bits per heavy atom. The van der Waals surface area contributed by atoms with Crippen LogP contribution in [0, 0.1) is 11.3 Å². The van der Waals surface area contributed by atoms with E-state index in [-0.39, 0.29) is 27.7 Å². The van der Waals surface area contributed by atoms with Crippen LogP contribution in [0.3, 0.4) is 0 Å². The molecule has 0 radical (unpaired) electrons. The number of rotatable bonds is 1. The van der Waals surface area contributed by atoms with Crippen molar-refractivity contribution in [2.45, 2.75) is 19.1 Å². The topological polar surface area (TPSA) is 41.6 Å². The highest BCUT2D eigenvalue weighted by molar-refractivity contribution is 6.32. The molecule has 0 aromatic carbocycles. The van der Waals surface area contributed by atoms with Crippen molar-refractivity contribution in [3.05, 3.63) is 46.4 Å².